The summed E-state index contributed by atoms with van der Waals surface area (Å²) in [4.78, 5) is 6.40. The van der Waals surface area contributed by atoms with E-state index in [-0.39, 0.29) is 0 Å². The van der Waals surface area contributed by atoms with Gasteiger partial charge in [-0.2, -0.15) is 0 Å². The minimum atomic E-state index is 0.576. The number of benzene rings is 2. The molecule has 2 nitrogen and oxygen atoms in total. The zero-order valence-electron chi connectivity index (χ0n) is 12.1. The first kappa shape index (κ1) is 16.7. The number of anilines is 1. The maximum Gasteiger partial charge on any atom is 0.183 e. The predicted octanol–water partition coefficient (Wildman–Crippen LogP) is 6.35. The van der Waals surface area contributed by atoms with Gasteiger partial charge in [0.05, 0.1) is 6.54 Å². The molecular weight excluding hydrogens is 367 g/mol. The van der Waals surface area contributed by atoms with Crippen molar-refractivity contribution in [1.29, 1.82) is 0 Å². The highest BCUT2D eigenvalue weighted by molar-refractivity contribution is 7.98. The van der Waals surface area contributed by atoms with E-state index < -0.39 is 0 Å². The Hall–Kier alpha value is -1.20. The van der Waals surface area contributed by atoms with E-state index in [4.69, 9.17) is 23.2 Å². The normalized spacial score (nSPS) is 10.7. The molecule has 0 aliphatic carbocycles. The summed E-state index contributed by atoms with van der Waals surface area (Å²) < 4.78 is 0.576. The topological polar surface area (TPSA) is 24.9 Å². The second-order valence-electron chi connectivity index (χ2n) is 4.84. The van der Waals surface area contributed by atoms with Crippen molar-refractivity contribution in [2.75, 3.05) is 5.32 Å². The van der Waals surface area contributed by atoms with E-state index in [0.717, 1.165) is 27.9 Å². The lowest BCUT2D eigenvalue weighted by atomic mass is 10.2. The van der Waals surface area contributed by atoms with Crippen LogP contribution < -0.4 is 5.32 Å². The van der Waals surface area contributed by atoms with Crippen molar-refractivity contribution in [3.8, 4) is 0 Å². The molecule has 23 heavy (non-hydrogen) atoms. The average molecular weight is 381 g/mol. The Morgan fingerprint density at radius 2 is 1.83 bits per heavy atom. The van der Waals surface area contributed by atoms with E-state index in [1.807, 2.05) is 24.4 Å². The van der Waals surface area contributed by atoms with Crippen molar-refractivity contribution < 1.29 is 0 Å². The van der Waals surface area contributed by atoms with Gasteiger partial charge in [-0.05, 0) is 29.8 Å². The molecule has 0 radical (unpaired) electrons. The summed E-state index contributed by atoms with van der Waals surface area (Å²) in [7, 11) is 0. The van der Waals surface area contributed by atoms with Gasteiger partial charge in [0.1, 0.15) is 0 Å². The Morgan fingerprint density at radius 1 is 1.04 bits per heavy atom. The second-order valence-corrected chi connectivity index (χ2v) is 8.00. The maximum absolute atomic E-state index is 5.92. The van der Waals surface area contributed by atoms with Gasteiger partial charge >= 0.3 is 0 Å². The Balaban J connectivity index is 1.64. The zero-order chi connectivity index (χ0) is 16.1. The molecule has 118 valence electrons. The fourth-order valence-electron chi connectivity index (χ4n) is 2.03. The fraction of sp³-hybridized carbons (Fsp3) is 0.118. The van der Waals surface area contributed by atoms with Crippen LogP contribution >= 0.6 is 46.3 Å². The number of hydrogen-bond donors (Lipinski definition) is 1. The smallest absolute Gasteiger partial charge is 0.183 e. The number of nitrogens with zero attached hydrogens (tertiary/aromatic N) is 1. The van der Waals surface area contributed by atoms with Crippen molar-refractivity contribution in [3.63, 3.8) is 0 Å². The van der Waals surface area contributed by atoms with Gasteiger partial charge in [-0.3, -0.25) is 0 Å². The van der Waals surface area contributed by atoms with Crippen LogP contribution in [0.1, 0.15) is 10.4 Å². The number of rotatable bonds is 6. The largest absolute Gasteiger partial charge is 0.379 e. The first-order chi connectivity index (χ1) is 11.2. The number of hydrogen-bond acceptors (Lipinski definition) is 4. The average Bonchev–Trinajstić information content (AvgIpc) is 2.99. The molecular formula is C17H14Cl2N2S2. The molecule has 0 fully saturated rings. The molecule has 2 aromatic carbocycles. The van der Waals surface area contributed by atoms with E-state index >= 15 is 0 Å². The van der Waals surface area contributed by atoms with Crippen LogP contribution in [0.2, 0.25) is 9.49 Å². The number of para-hydroxylation sites is 1. The third kappa shape index (κ3) is 4.88. The van der Waals surface area contributed by atoms with E-state index in [1.165, 1.54) is 21.8 Å². The Labute approximate surface area is 153 Å². The van der Waals surface area contributed by atoms with E-state index in [1.54, 1.807) is 11.8 Å². The molecule has 0 aliphatic rings. The van der Waals surface area contributed by atoms with E-state index in [2.05, 4.69) is 40.6 Å². The number of halogens is 2. The van der Waals surface area contributed by atoms with Crippen LogP contribution in [0.3, 0.4) is 0 Å². The van der Waals surface area contributed by atoms with Gasteiger partial charge in [-0.15, -0.1) is 23.1 Å². The van der Waals surface area contributed by atoms with Gasteiger partial charge in [0.25, 0.3) is 0 Å². The molecule has 0 amide bonds. The van der Waals surface area contributed by atoms with Gasteiger partial charge in [-0.1, -0.05) is 47.5 Å². The van der Waals surface area contributed by atoms with Crippen LogP contribution in [-0.2, 0) is 12.3 Å². The summed E-state index contributed by atoms with van der Waals surface area (Å²) in [6.45, 7) is 0.725. The lowest BCUT2D eigenvalue weighted by Gasteiger charge is -2.11. The lowest BCUT2D eigenvalue weighted by molar-refractivity contribution is 1.15. The van der Waals surface area contributed by atoms with E-state index in [0.29, 0.717) is 4.47 Å². The highest BCUT2D eigenvalue weighted by Gasteiger charge is 2.05. The molecule has 0 aliphatic heterocycles. The highest BCUT2D eigenvalue weighted by Crippen LogP contribution is 2.31. The Kier molecular flexibility index (Phi) is 5.84. The third-order valence-corrected chi connectivity index (χ3v) is 5.68. The number of nitrogens with one attached hydrogen (secondary N) is 1. The molecule has 0 unspecified atom stereocenters. The van der Waals surface area contributed by atoms with Crippen LogP contribution in [0.25, 0.3) is 0 Å². The molecule has 0 spiro atoms. The summed E-state index contributed by atoms with van der Waals surface area (Å²) in [5.74, 6) is 0.905. The molecule has 0 bridgehead atoms. The Morgan fingerprint density at radius 3 is 2.57 bits per heavy atom. The molecule has 3 rings (SSSR count). The summed E-state index contributed by atoms with van der Waals surface area (Å²) in [5, 5.41) is 4.23. The lowest BCUT2D eigenvalue weighted by Crippen LogP contribution is -1.98. The molecule has 0 atom stereocenters. The van der Waals surface area contributed by atoms with Crippen molar-refractivity contribution in [2.24, 2.45) is 0 Å². The first-order valence-electron chi connectivity index (χ1n) is 7.01. The molecule has 1 N–H and O–H groups in total. The van der Waals surface area contributed by atoms with Crippen molar-refractivity contribution in [3.05, 3.63) is 74.7 Å². The summed E-state index contributed by atoms with van der Waals surface area (Å²) >= 11 is 15.1. The van der Waals surface area contributed by atoms with E-state index in [9.17, 15) is 0 Å². The second kappa shape index (κ2) is 8.06. The van der Waals surface area contributed by atoms with Gasteiger partial charge in [-0.25, -0.2) is 4.98 Å². The summed E-state index contributed by atoms with van der Waals surface area (Å²) in [6.07, 6.45) is 1.81. The highest BCUT2D eigenvalue weighted by atomic mass is 35.5. The van der Waals surface area contributed by atoms with Gasteiger partial charge < -0.3 is 5.32 Å². The van der Waals surface area contributed by atoms with Crippen LogP contribution in [0.5, 0.6) is 0 Å². The number of thioether (sulfide) groups is 1. The summed E-state index contributed by atoms with van der Waals surface area (Å²) in [6, 6.07) is 16.3. The molecule has 1 aromatic heterocycles. The fourth-order valence-corrected chi connectivity index (χ4v) is 4.06. The van der Waals surface area contributed by atoms with Crippen molar-refractivity contribution in [1.82, 2.24) is 4.98 Å². The number of thiazole rings is 1. The maximum atomic E-state index is 5.92. The molecule has 1 heterocycles. The minimum Gasteiger partial charge on any atom is -0.379 e. The van der Waals surface area contributed by atoms with Gasteiger partial charge in [0, 0.05) is 32.4 Å². The van der Waals surface area contributed by atoms with Crippen LogP contribution in [-0.4, -0.2) is 4.98 Å². The van der Waals surface area contributed by atoms with Crippen LogP contribution in [0, 0.1) is 0 Å². The summed E-state index contributed by atoms with van der Waals surface area (Å²) in [5.41, 5.74) is 2.37. The third-order valence-electron chi connectivity index (χ3n) is 3.17. The van der Waals surface area contributed by atoms with Crippen molar-refractivity contribution >= 4 is 52.0 Å². The minimum absolute atomic E-state index is 0.576. The van der Waals surface area contributed by atoms with Gasteiger partial charge in [0.15, 0.2) is 4.47 Å². The standard InChI is InChI=1S/C17H14Cl2N2S2/c18-13-7-5-12(6-8-13)11-22-16-4-2-1-3-15(16)20-9-14-10-21-17(19)23-14/h1-8,10,20H,9,11H2. The molecule has 0 saturated heterocycles. The molecule has 3 aromatic rings. The Bertz CT molecular complexity index is 772. The molecule has 6 heteroatoms. The van der Waals surface area contributed by atoms with Crippen LogP contribution in [0.4, 0.5) is 5.69 Å². The van der Waals surface area contributed by atoms with Crippen LogP contribution in [0.15, 0.2) is 59.6 Å². The molecule has 0 saturated carbocycles. The van der Waals surface area contributed by atoms with Crippen molar-refractivity contribution in [2.45, 2.75) is 17.2 Å². The SMILES string of the molecule is Clc1ccc(CSc2ccccc2NCc2cnc(Cl)s2)cc1. The van der Waals surface area contributed by atoms with Gasteiger partial charge in [0.2, 0.25) is 0 Å². The predicted molar refractivity (Wildman–Crippen MR) is 102 cm³/mol. The number of aromatic nitrogens is 1. The quantitative estimate of drug-likeness (QED) is 0.503. The first-order valence-corrected chi connectivity index (χ1v) is 9.57. The zero-order valence-corrected chi connectivity index (χ0v) is 15.3. The monoisotopic (exact) mass is 380 g/mol.